The maximum atomic E-state index is 12.6. The van der Waals surface area contributed by atoms with E-state index in [1.165, 1.54) is 0 Å². The second-order valence-corrected chi connectivity index (χ2v) is 6.57. The number of aromatic nitrogens is 3. The van der Waals surface area contributed by atoms with Gasteiger partial charge in [-0.3, -0.25) is 4.79 Å². The standard InChI is InChI=1S/C22H20N4O3/c1-15-23-9-10-26(15)14-16-5-3-7-18(11-16)24-22(27)21-13-20(25-29-21)17-6-4-8-19(12-17)28-2/h3-13H,14H2,1-2H3,(H,24,27). The number of hydrogen-bond donors (Lipinski definition) is 1. The van der Waals surface area contributed by atoms with Crippen LogP contribution in [0.25, 0.3) is 11.3 Å². The molecule has 0 aliphatic carbocycles. The molecule has 0 radical (unpaired) electrons. The van der Waals surface area contributed by atoms with Crippen molar-refractivity contribution in [2.24, 2.45) is 0 Å². The topological polar surface area (TPSA) is 82.2 Å². The molecule has 0 saturated heterocycles. The van der Waals surface area contributed by atoms with Crippen molar-refractivity contribution in [1.29, 1.82) is 0 Å². The molecule has 0 saturated carbocycles. The van der Waals surface area contributed by atoms with Gasteiger partial charge >= 0.3 is 0 Å². The second-order valence-electron chi connectivity index (χ2n) is 6.57. The second kappa shape index (κ2) is 8.02. The molecule has 2 heterocycles. The fourth-order valence-corrected chi connectivity index (χ4v) is 3.01. The lowest BCUT2D eigenvalue weighted by Crippen LogP contribution is -2.11. The van der Waals surface area contributed by atoms with E-state index in [9.17, 15) is 4.79 Å². The maximum absolute atomic E-state index is 12.6. The lowest BCUT2D eigenvalue weighted by molar-refractivity contribution is 0.0988. The summed E-state index contributed by atoms with van der Waals surface area (Å²) in [6, 6.07) is 16.7. The van der Waals surface area contributed by atoms with Gasteiger partial charge in [-0.1, -0.05) is 29.4 Å². The Bertz CT molecular complexity index is 1150. The number of rotatable bonds is 6. The van der Waals surface area contributed by atoms with E-state index in [4.69, 9.17) is 9.26 Å². The van der Waals surface area contributed by atoms with E-state index in [0.717, 1.165) is 17.0 Å². The predicted molar refractivity (Wildman–Crippen MR) is 109 cm³/mol. The molecule has 0 bridgehead atoms. The Labute approximate surface area is 167 Å². The van der Waals surface area contributed by atoms with Crippen LogP contribution >= 0.6 is 0 Å². The lowest BCUT2D eigenvalue weighted by Gasteiger charge is -2.08. The van der Waals surface area contributed by atoms with Gasteiger partial charge in [0.05, 0.1) is 7.11 Å². The molecule has 0 aliphatic heterocycles. The highest BCUT2D eigenvalue weighted by Crippen LogP contribution is 2.24. The summed E-state index contributed by atoms with van der Waals surface area (Å²) in [6.45, 7) is 2.63. The normalized spacial score (nSPS) is 10.7. The van der Waals surface area contributed by atoms with Crippen LogP contribution in [0.2, 0.25) is 0 Å². The van der Waals surface area contributed by atoms with Gasteiger partial charge in [-0.05, 0) is 36.8 Å². The smallest absolute Gasteiger partial charge is 0.294 e. The molecule has 4 aromatic rings. The summed E-state index contributed by atoms with van der Waals surface area (Å²) in [5, 5.41) is 6.86. The van der Waals surface area contributed by atoms with Crippen LogP contribution in [-0.2, 0) is 6.54 Å². The molecular weight excluding hydrogens is 368 g/mol. The Hall–Kier alpha value is -3.87. The lowest BCUT2D eigenvalue weighted by atomic mass is 10.1. The third kappa shape index (κ3) is 4.19. The summed E-state index contributed by atoms with van der Waals surface area (Å²) >= 11 is 0. The van der Waals surface area contributed by atoms with Crippen molar-refractivity contribution < 1.29 is 14.1 Å². The van der Waals surface area contributed by atoms with E-state index in [1.807, 2.05) is 66.2 Å². The van der Waals surface area contributed by atoms with Crippen LogP contribution in [0, 0.1) is 6.92 Å². The van der Waals surface area contributed by atoms with E-state index in [1.54, 1.807) is 19.4 Å². The van der Waals surface area contributed by atoms with Crippen molar-refractivity contribution in [3.05, 3.63) is 84.1 Å². The minimum atomic E-state index is -0.359. The molecule has 0 aliphatic rings. The third-order valence-electron chi connectivity index (χ3n) is 4.56. The summed E-state index contributed by atoms with van der Waals surface area (Å²) in [7, 11) is 1.60. The number of imidazole rings is 1. The SMILES string of the molecule is COc1cccc(-c2cc(C(=O)Nc3cccc(Cn4ccnc4C)c3)on2)c1. The van der Waals surface area contributed by atoms with Crippen molar-refractivity contribution in [2.45, 2.75) is 13.5 Å². The van der Waals surface area contributed by atoms with Crippen molar-refractivity contribution in [3.8, 4) is 17.0 Å². The summed E-state index contributed by atoms with van der Waals surface area (Å²) < 4.78 is 12.5. The van der Waals surface area contributed by atoms with Gasteiger partial charge in [-0.2, -0.15) is 0 Å². The molecule has 1 N–H and O–H groups in total. The number of aryl methyl sites for hydroxylation is 1. The van der Waals surface area contributed by atoms with Gasteiger partial charge in [0, 0.05) is 36.3 Å². The van der Waals surface area contributed by atoms with Crippen LogP contribution < -0.4 is 10.1 Å². The molecule has 146 valence electrons. The van der Waals surface area contributed by atoms with Crippen LogP contribution in [-0.4, -0.2) is 27.7 Å². The molecule has 0 unspecified atom stereocenters. The monoisotopic (exact) mass is 388 g/mol. The molecule has 2 aromatic heterocycles. The van der Waals surface area contributed by atoms with Gasteiger partial charge in [0.1, 0.15) is 17.3 Å². The highest BCUT2D eigenvalue weighted by Gasteiger charge is 2.15. The van der Waals surface area contributed by atoms with E-state index in [-0.39, 0.29) is 11.7 Å². The number of methoxy groups -OCH3 is 1. The average Bonchev–Trinajstić information content (AvgIpc) is 3.38. The Balaban J connectivity index is 1.48. The first-order valence-electron chi connectivity index (χ1n) is 9.11. The number of ether oxygens (including phenoxy) is 1. The fourth-order valence-electron chi connectivity index (χ4n) is 3.01. The Morgan fingerprint density at radius 2 is 2.03 bits per heavy atom. The molecular formula is C22H20N4O3. The first-order chi connectivity index (χ1) is 14.1. The Morgan fingerprint density at radius 3 is 2.83 bits per heavy atom. The number of amides is 1. The molecule has 2 aromatic carbocycles. The highest BCUT2D eigenvalue weighted by molar-refractivity contribution is 6.02. The zero-order valence-electron chi connectivity index (χ0n) is 16.1. The first-order valence-corrected chi connectivity index (χ1v) is 9.11. The summed E-state index contributed by atoms with van der Waals surface area (Å²) in [6.07, 6.45) is 3.69. The molecule has 0 fully saturated rings. The molecule has 0 atom stereocenters. The summed E-state index contributed by atoms with van der Waals surface area (Å²) in [4.78, 5) is 16.8. The van der Waals surface area contributed by atoms with Gasteiger partial charge in [-0.25, -0.2) is 4.98 Å². The minimum absolute atomic E-state index is 0.138. The molecule has 4 rings (SSSR count). The average molecular weight is 388 g/mol. The molecule has 29 heavy (non-hydrogen) atoms. The number of hydrogen-bond acceptors (Lipinski definition) is 5. The van der Waals surface area contributed by atoms with Crippen LogP contribution in [0.5, 0.6) is 5.75 Å². The fraction of sp³-hybridized carbons (Fsp3) is 0.136. The quantitative estimate of drug-likeness (QED) is 0.536. The van der Waals surface area contributed by atoms with Crippen molar-refractivity contribution in [1.82, 2.24) is 14.7 Å². The Morgan fingerprint density at radius 1 is 1.17 bits per heavy atom. The van der Waals surface area contributed by atoms with E-state index < -0.39 is 0 Å². The molecule has 7 heteroatoms. The molecule has 7 nitrogen and oxygen atoms in total. The first kappa shape index (κ1) is 18.5. The molecule has 0 spiro atoms. The number of carbonyl (C=O) groups excluding carboxylic acids is 1. The van der Waals surface area contributed by atoms with Gasteiger partial charge < -0.3 is 19.1 Å². The largest absolute Gasteiger partial charge is 0.497 e. The Kier molecular flexibility index (Phi) is 5.11. The van der Waals surface area contributed by atoms with Crippen LogP contribution in [0.15, 0.2) is 71.5 Å². The van der Waals surface area contributed by atoms with Crippen molar-refractivity contribution in [2.75, 3.05) is 12.4 Å². The number of nitrogens with zero attached hydrogens (tertiary/aromatic N) is 3. The van der Waals surface area contributed by atoms with Crippen molar-refractivity contribution >= 4 is 11.6 Å². The van der Waals surface area contributed by atoms with E-state index >= 15 is 0 Å². The third-order valence-corrected chi connectivity index (χ3v) is 4.56. The predicted octanol–water partition coefficient (Wildman–Crippen LogP) is 4.16. The zero-order valence-corrected chi connectivity index (χ0v) is 16.1. The van der Waals surface area contributed by atoms with Gasteiger partial charge in [-0.15, -0.1) is 0 Å². The van der Waals surface area contributed by atoms with Gasteiger partial charge in [0.2, 0.25) is 5.76 Å². The van der Waals surface area contributed by atoms with Crippen LogP contribution in [0.4, 0.5) is 5.69 Å². The minimum Gasteiger partial charge on any atom is -0.497 e. The highest BCUT2D eigenvalue weighted by atomic mass is 16.5. The number of anilines is 1. The number of nitrogens with one attached hydrogen (secondary N) is 1. The van der Waals surface area contributed by atoms with Crippen molar-refractivity contribution in [3.63, 3.8) is 0 Å². The van der Waals surface area contributed by atoms with E-state index in [2.05, 4.69) is 15.5 Å². The van der Waals surface area contributed by atoms with Crippen LogP contribution in [0.3, 0.4) is 0 Å². The summed E-state index contributed by atoms with van der Waals surface area (Å²) in [5.74, 6) is 1.42. The van der Waals surface area contributed by atoms with Gasteiger partial charge in [0.25, 0.3) is 5.91 Å². The summed E-state index contributed by atoms with van der Waals surface area (Å²) in [5.41, 5.74) is 3.12. The number of carbonyl (C=O) groups is 1. The molecule has 1 amide bonds. The zero-order chi connectivity index (χ0) is 20.2. The van der Waals surface area contributed by atoms with E-state index in [0.29, 0.717) is 23.7 Å². The van der Waals surface area contributed by atoms with Gasteiger partial charge in [0.15, 0.2) is 0 Å². The van der Waals surface area contributed by atoms with Crippen LogP contribution in [0.1, 0.15) is 21.9 Å². The number of benzene rings is 2. The maximum Gasteiger partial charge on any atom is 0.294 e.